The van der Waals surface area contributed by atoms with E-state index in [4.69, 9.17) is 0 Å². The zero-order valence-corrected chi connectivity index (χ0v) is 10.2. The lowest BCUT2D eigenvalue weighted by atomic mass is 9.97. The molecule has 82 valence electrons. The highest BCUT2D eigenvalue weighted by molar-refractivity contribution is 7.07. The Labute approximate surface area is 94.1 Å². The van der Waals surface area contributed by atoms with Gasteiger partial charge in [-0.25, -0.2) is 4.98 Å². The molecule has 0 aliphatic carbocycles. The van der Waals surface area contributed by atoms with Gasteiger partial charge in [0.1, 0.15) is 5.69 Å². The minimum atomic E-state index is -0.0277. The van der Waals surface area contributed by atoms with E-state index >= 15 is 0 Å². The molecule has 0 N–H and O–H groups in total. The first kappa shape index (κ1) is 10.6. The van der Waals surface area contributed by atoms with Crippen LogP contribution in [0.15, 0.2) is 10.9 Å². The number of amides is 1. The monoisotopic (exact) mass is 224 g/mol. The van der Waals surface area contributed by atoms with Crippen LogP contribution >= 0.6 is 11.3 Å². The van der Waals surface area contributed by atoms with Crippen molar-refractivity contribution in [3.63, 3.8) is 0 Å². The fourth-order valence-electron chi connectivity index (χ4n) is 2.40. The van der Waals surface area contributed by atoms with Gasteiger partial charge in [0.2, 0.25) is 0 Å². The van der Waals surface area contributed by atoms with Gasteiger partial charge < -0.3 is 4.90 Å². The van der Waals surface area contributed by atoms with Gasteiger partial charge in [-0.1, -0.05) is 6.92 Å². The van der Waals surface area contributed by atoms with Gasteiger partial charge in [-0.15, -0.1) is 11.3 Å². The topological polar surface area (TPSA) is 33.2 Å². The molecular formula is C11H16N2OS. The van der Waals surface area contributed by atoms with E-state index in [1.165, 1.54) is 11.3 Å². The van der Waals surface area contributed by atoms with E-state index < -0.39 is 0 Å². The third-order valence-electron chi connectivity index (χ3n) is 2.97. The number of hydrogen-bond acceptors (Lipinski definition) is 3. The normalized spacial score (nSPS) is 24.5. The first-order chi connectivity index (χ1) is 7.00. The number of carbonyl (C=O) groups excluding carboxylic acids is 1. The molecule has 1 aromatic rings. The van der Waals surface area contributed by atoms with Crippen LogP contribution in [0.3, 0.4) is 0 Å². The third-order valence-corrected chi connectivity index (χ3v) is 3.56. The highest BCUT2D eigenvalue weighted by atomic mass is 32.1. The smallest absolute Gasteiger partial charge is 0.273 e. The molecule has 3 nitrogen and oxygen atoms in total. The quantitative estimate of drug-likeness (QED) is 0.734. The Morgan fingerprint density at radius 1 is 1.67 bits per heavy atom. The number of hydrogen-bond donors (Lipinski definition) is 0. The van der Waals surface area contributed by atoms with Gasteiger partial charge in [0, 0.05) is 17.5 Å². The second-order valence-electron chi connectivity index (χ2n) is 4.91. The Hall–Kier alpha value is -0.900. The highest BCUT2D eigenvalue weighted by Crippen LogP contribution is 2.33. The maximum atomic E-state index is 12.1. The second-order valence-corrected chi connectivity index (χ2v) is 5.63. The molecule has 2 heterocycles. The average molecular weight is 224 g/mol. The van der Waals surface area contributed by atoms with E-state index in [0.29, 0.717) is 11.6 Å². The predicted molar refractivity (Wildman–Crippen MR) is 61.0 cm³/mol. The first-order valence-electron chi connectivity index (χ1n) is 5.21. The summed E-state index contributed by atoms with van der Waals surface area (Å²) in [5, 5.41) is 1.82. The van der Waals surface area contributed by atoms with E-state index in [9.17, 15) is 4.79 Å². The SMILES string of the molecule is CC1CN(C(=O)c2cscn2)C(C)(C)C1. The van der Waals surface area contributed by atoms with Crippen LogP contribution < -0.4 is 0 Å². The molecule has 0 saturated carbocycles. The van der Waals surface area contributed by atoms with Gasteiger partial charge in [0.15, 0.2) is 0 Å². The van der Waals surface area contributed by atoms with Crippen molar-refractivity contribution in [2.24, 2.45) is 5.92 Å². The Bertz CT molecular complexity index is 359. The summed E-state index contributed by atoms with van der Waals surface area (Å²) in [5.41, 5.74) is 2.27. The zero-order valence-electron chi connectivity index (χ0n) is 9.36. The fourth-order valence-corrected chi connectivity index (χ4v) is 2.93. The van der Waals surface area contributed by atoms with Gasteiger partial charge in [0.05, 0.1) is 5.51 Å². The van der Waals surface area contributed by atoms with Crippen LogP contribution in [0.5, 0.6) is 0 Å². The van der Waals surface area contributed by atoms with Gasteiger partial charge in [-0.2, -0.15) is 0 Å². The lowest BCUT2D eigenvalue weighted by molar-refractivity contribution is 0.0645. The molecule has 1 aromatic heterocycles. The molecule has 1 unspecified atom stereocenters. The average Bonchev–Trinajstić information content (AvgIpc) is 2.71. The molecule has 0 bridgehead atoms. The maximum absolute atomic E-state index is 12.1. The van der Waals surface area contributed by atoms with Crippen molar-refractivity contribution in [2.45, 2.75) is 32.7 Å². The van der Waals surface area contributed by atoms with Gasteiger partial charge >= 0.3 is 0 Å². The molecule has 0 radical (unpaired) electrons. The van der Waals surface area contributed by atoms with E-state index in [2.05, 4.69) is 25.8 Å². The van der Waals surface area contributed by atoms with Crippen molar-refractivity contribution >= 4 is 17.2 Å². The molecule has 4 heteroatoms. The molecule has 0 spiro atoms. The lowest BCUT2D eigenvalue weighted by Crippen LogP contribution is -2.42. The van der Waals surface area contributed by atoms with Gasteiger partial charge in [0.25, 0.3) is 5.91 Å². The highest BCUT2D eigenvalue weighted by Gasteiger charge is 2.39. The number of nitrogens with zero attached hydrogens (tertiary/aromatic N) is 2. The molecular weight excluding hydrogens is 208 g/mol. The number of rotatable bonds is 1. The maximum Gasteiger partial charge on any atom is 0.273 e. The summed E-state index contributed by atoms with van der Waals surface area (Å²) in [6.45, 7) is 7.29. The van der Waals surface area contributed by atoms with Crippen LogP contribution in [0.25, 0.3) is 0 Å². The summed E-state index contributed by atoms with van der Waals surface area (Å²) in [5.74, 6) is 0.660. The molecule has 1 atom stereocenters. The number of aromatic nitrogens is 1. The van der Waals surface area contributed by atoms with Crippen LogP contribution in [-0.2, 0) is 0 Å². The van der Waals surface area contributed by atoms with Crippen LogP contribution in [0.2, 0.25) is 0 Å². The van der Waals surface area contributed by atoms with Crippen molar-refractivity contribution in [3.8, 4) is 0 Å². The molecule has 1 fully saturated rings. The predicted octanol–water partition coefficient (Wildman–Crippen LogP) is 2.40. The van der Waals surface area contributed by atoms with Crippen molar-refractivity contribution in [1.29, 1.82) is 0 Å². The Morgan fingerprint density at radius 2 is 2.40 bits per heavy atom. The van der Waals surface area contributed by atoms with Crippen molar-refractivity contribution in [1.82, 2.24) is 9.88 Å². The summed E-state index contributed by atoms with van der Waals surface area (Å²) in [6.07, 6.45) is 1.07. The molecule has 1 amide bonds. The number of carbonyl (C=O) groups is 1. The minimum absolute atomic E-state index is 0.0277. The van der Waals surface area contributed by atoms with E-state index in [1.54, 1.807) is 5.51 Å². The van der Waals surface area contributed by atoms with E-state index in [-0.39, 0.29) is 11.4 Å². The second kappa shape index (κ2) is 3.59. The largest absolute Gasteiger partial charge is 0.332 e. The lowest BCUT2D eigenvalue weighted by Gasteiger charge is -2.30. The van der Waals surface area contributed by atoms with Crippen LogP contribution in [0, 0.1) is 5.92 Å². The van der Waals surface area contributed by atoms with Crippen molar-refractivity contribution in [3.05, 3.63) is 16.6 Å². The summed E-state index contributed by atoms with van der Waals surface area (Å²) in [7, 11) is 0. The fraction of sp³-hybridized carbons (Fsp3) is 0.636. The van der Waals surface area contributed by atoms with Crippen LogP contribution in [0.4, 0.5) is 0 Å². The summed E-state index contributed by atoms with van der Waals surface area (Å²) in [4.78, 5) is 18.2. The van der Waals surface area contributed by atoms with E-state index in [0.717, 1.165) is 13.0 Å². The Morgan fingerprint density at radius 3 is 2.87 bits per heavy atom. The van der Waals surface area contributed by atoms with Crippen molar-refractivity contribution in [2.75, 3.05) is 6.54 Å². The molecule has 0 aromatic carbocycles. The molecule has 1 aliphatic heterocycles. The summed E-state index contributed by atoms with van der Waals surface area (Å²) >= 11 is 1.47. The van der Waals surface area contributed by atoms with Crippen LogP contribution in [-0.4, -0.2) is 27.9 Å². The van der Waals surface area contributed by atoms with E-state index in [1.807, 2.05) is 10.3 Å². The summed E-state index contributed by atoms with van der Waals surface area (Å²) < 4.78 is 0. The Kier molecular flexibility index (Phi) is 2.54. The first-order valence-corrected chi connectivity index (χ1v) is 6.15. The van der Waals surface area contributed by atoms with Crippen molar-refractivity contribution < 1.29 is 4.79 Å². The zero-order chi connectivity index (χ0) is 11.1. The summed E-state index contributed by atoms with van der Waals surface area (Å²) in [6, 6.07) is 0. The number of thiazole rings is 1. The molecule has 15 heavy (non-hydrogen) atoms. The minimum Gasteiger partial charge on any atom is -0.332 e. The molecule has 1 aliphatic rings. The molecule has 1 saturated heterocycles. The Balaban J connectivity index is 2.21. The van der Waals surface area contributed by atoms with Gasteiger partial charge in [-0.3, -0.25) is 4.79 Å². The molecule has 2 rings (SSSR count). The third kappa shape index (κ3) is 1.91. The standard InChI is InChI=1S/C11H16N2OS/c1-8-4-11(2,3)13(5-8)10(14)9-6-15-7-12-9/h6-8H,4-5H2,1-3H3. The van der Waals surface area contributed by atoms with Gasteiger partial charge in [-0.05, 0) is 26.2 Å². The van der Waals surface area contributed by atoms with Crippen LogP contribution in [0.1, 0.15) is 37.7 Å². The number of likely N-dealkylation sites (tertiary alicyclic amines) is 1.